The van der Waals surface area contributed by atoms with Crippen LogP contribution in [0.25, 0.3) is 17.3 Å². The molecule has 1 aliphatic carbocycles. The lowest BCUT2D eigenvalue weighted by Gasteiger charge is -2.31. The van der Waals surface area contributed by atoms with Gasteiger partial charge < -0.3 is 9.80 Å². The summed E-state index contributed by atoms with van der Waals surface area (Å²) in [6.45, 7) is 2.20. The molecule has 40 heavy (non-hydrogen) atoms. The summed E-state index contributed by atoms with van der Waals surface area (Å²) in [5, 5.41) is 0. The number of piperidine rings is 1. The van der Waals surface area contributed by atoms with Crippen LogP contribution in [-0.2, 0) is 28.9 Å². The third kappa shape index (κ3) is 7.36. The Balaban J connectivity index is 1.14. The highest BCUT2D eigenvalue weighted by atomic mass is 16.2. The summed E-state index contributed by atoms with van der Waals surface area (Å²) in [5.41, 5.74) is 7.16. The molecule has 3 aromatic rings. The van der Waals surface area contributed by atoms with Crippen molar-refractivity contribution in [3.05, 3.63) is 95.2 Å². The minimum absolute atomic E-state index is 0.148. The molecule has 1 fully saturated rings. The van der Waals surface area contributed by atoms with Crippen LogP contribution in [-0.4, -0.2) is 70.2 Å². The molecule has 2 aliphatic rings. The second kappa shape index (κ2) is 12.9. The highest BCUT2D eigenvalue weighted by molar-refractivity contribution is 5.89. The van der Waals surface area contributed by atoms with E-state index in [1.165, 1.54) is 0 Å². The zero-order valence-corrected chi connectivity index (χ0v) is 23.4. The topological polar surface area (TPSA) is 79.3 Å². The van der Waals surface area contributed by atoms with Crippen LogP contribution in [0.2, 0.25) is 0 Å². The molecule has 0 atom stereocenters. The summed E-state index contributed by atoms with van der Waals surface area (Å²) in [6.07, 6.45) is 15.6. The molecule has 0 bridgehead atoms. The number of rotatable bonds is 10. The normalized spacial score (nSPS) is 15.2. The molecule has 206 valence electrons. The summed E-state index contributed by atoms with van der Waals surface area (Å²) < 4.78 is 0. The highest BCUT2D eigenvalue weighted by Crippen LogP contribution is 2.25. The zero-order chi connectivity index (χ0) is 27.9. The van der Waals surface area contributed by atoms with Gasteiger partial charge in [0.1, 0.15) is 6.33 Å². The Labute approximate surface area is 236 Å². The van der Waals surface area contributed by atoms with Crippen molar-refractivity contribution < 1.29 is 9.59 Å². The molecule has 0 unspecified atom stereocenters. The summed E-state index contributed by atoms with van der Waals surface area (Å²) in [6, 6.07) is 12.4. The van der Waals surface area contributed by atoms with Crippen LogP contribution < -0.4 is 0 Å². The van der Waals surface area contributed by atoms with Crippen molar-refractivity contribution in [2.75, 3.05) is 33.7 Å². The van der Waals surface area contributed by atoms with E-state index in [1.807, 2.05) is 54.4 Å². The number of hydrogen-bond donors (Lipinski definition) is 0. The molecule has 0 radical (unpaired) electrons. The molecule has 7 heteroatoms. The van der Waals surface area contributed by atoms with Gasteiger partial charge in [0.25, 0.3) is 0 Å². The van der Waals surface area contributed by atoms with Crippen molar-refractivity contribution >= 4 is 17.8 Å². The van der Waals surface area contributed by atoms with Crippen molar-refractivity contribution in [3.8, 4) is 11.3 Å². The van der Waals surface area contributed by atoms with Crippen molar-refractivity contribution in [1.82, 2.24) is 24.8 Å². The molecule has 1 aromatic carbocycles. The Hall–Kier alpha value is -3.97. The van der Waals surface area contributed by atoms with Crippen LogP contribution in [0.5, 0.6) is 0 Å². The van der Waals surface area contributed by atoms with E-state index in [9.17, 15) is 9.59 Å². The molecule has 3 heterocycles. The average molecular weight is 536 g/mol. The first kappa shape index (κ1) is 27.6. The second-order valence-corrected chi connectivity index (χ2v) is 11.1. The first-order valence-corrected chi connectivity index (χ1v) is 14.1. The van der Waals surface area contributed by atoms with Crippen LogP contribution in [0.4, 0.5) is 0 Å². The van der Waals surface area contributed by atoms with Crippen molar-refractivity contribution in [1.29, 1.82) is 0 Å². The van der Waals surface area contributed by atoms with Gasteiger partial charge in [0.15, 0.2) is 5.78 Å². The molecule has 2 aromatic heterocycles. The van der Waals surface area contributed by atoms with Gasteiger partial charge in [-0.25, -0.2) is 9.97 Å². The SMILES string of the molecule is CN(C)C/C=C/C(=O)CC1CCN(C(=O)Cc2cccc(Cc3cc(-c4cnc5c(c4)C=CC5)ncn3)c2)CC1. The standard InChI is InChI=1S/C33H37N5O2/c1-37(2)13-5-9-30(39)18-24-11-14-38(15-12-24)33(40)19-26-7-3-6-25(16-26)17-29-21-32(36-23-35-29)28-20-27-8-4-10-31(27)34-22-28/h3-9,16,20-24H,10-15,17-19H2,1-2H3/b9-5+. The number of fused-ring (bicyclic) bond motifs is 1. The van der Waals surface area contributed by atoms with Gasteiger partial charge in [-0.1, -0.05) is 42.5 Å². The number of carbonyl (C=O) groups is 2. The Morgan fingerprint density at radius 1 is 1.05 bits per heavy atom. The average Bonchev–Trinajstić information content (AvgIpc) is 3.42. The summed E-state index contributed by atoms with van der Waals surface area (Å²) in [7, 11) is 3.97. The van der Waals surface area contributed by atoms with Gasteiger partial charge >= 0.3 is 0 Å². The van der Waals surface area contributed by atoms with Gasteiger partial charge in [0.05, 0.1) is 17.8 Å². The van der Waals surface area contributed by atoms with Gasteiger partial charge in [-0.05, 0) is 67.8 Å². The predicted octanol–water partition coefficient (Wildman–Crippen LogP) is 4.56. The summed E-state index contributed by atoms with van der Waals surface area (Å²) >= 11 is 0. The highest BCUT2D eigenvalue weighted by Gasteiger charge is 2.24. The monoisotopic (exact) mass is 535 g/mol. The van der Waals surface area contributed by atoms with Crippen molar-refractivity contribution in [2.45, 2.75) is 38.5 Å². The Bertz CT molecular complexity index is 1420. The third-order valence-electron chi connectivity index (χ3n) is 7.60. The molecule has 7 nitrogen and oxygen atoms in total. The quantitative estimate of drug-likeness (QED) is 0.354. The van der Waals surface area contributed by atoms with Crippen LogP contribution in [0.1, 0.15) is 47.3 Å². The van der Waals surface area contributed by atoms with E-state index in [0.717, 1.165) is 78.2 Å². The number of amides is 1. The van der Waals surface area contributed by atoms with Crippen LogP contribution in [0.15, 0.2) is 67.2 Å². The number of nitrogens with zero attached hydrogens (tertiary/aromatic N) is 5. The molecule has 0 saturated carbocycles. The first-order valence-electron chi connectivity index (χ1n) is 14.1. The maximum atomic E-state index is 13.1. The fraction of sp³-hybridized carbons (Fsp3) is 0.364. The lowest BCUT2D eigenvalue weighted by molar-refractivity contribution is -0.131. The molecule has 1 saturated heterocycles. The largest absolute Gasteiger partial charge is 0.342 e. The smallest absolute Gasteiger partial charge is 0.226 e. The van der Waals surface area contributed by atoms with Crippen molar-refractivity contribution in [3.63, 3.8) is 0 Å². The first-order chi connectivity index (χ1) is 19.4. The van der Waals surface area contributed by atoms with Gasteiger partial charge in [-0.3, -0.25) is 14.6 Å². The fourth-order valence-corrected chi connectivity index (χ4v) is 5.39. The minimum atomic E-state index is 0.148. The molecule has 5 rings (SSSR count). The zero-order valence-electron chi connectivity index (χ0n) is 23.4. The van der Waals surface area contributed by atoms with Crippen LogP contribution in [0.3, 0.4) is 0 Å². The molecule has 0 N–H and O–H groups in total. The van der Waals surface area contributed by atoms with Gasteiger partial charge in [0.2, 0.25) is 5.91 Å². The number of allylic oxidation sites excluding steroid dienone is 2. The Morgan fingerprint density at radius 3 is 2.70 bits per heavy atom. The maximum Gasteiger partial charge on any atom is 0.226 e. The molecule has 1 aliphatic heterocycles. The number of likely N-dealkylation sites (tertiary alicyclic amines) is 1. The molecule has 0 spiro atoms. The van der Waals surface area contributed by atoms with Crippen LogP contribution >= 0.6 is 0 Å². The number of pyridine rings is 1. The summed E-state index contributed by atoms with van der Waals surface area (Å²) in [4.78, 5) is 42.8. The van der Waals surface area contributed by atoms with Gasteiger partial charge in [0, 0.05) is 56.4 Å². The van der Waals surface area contributed by atoms with E-state index in [-0.39, 0.29) is 11.7 Å². The minimum Gasteiger partial charge on any atom is -0.342 e. The van der Waals surface area contributed by atoms with E-state index < -0.39 is 0 Å². The van der Waals surface area contributed by atoms with E-state index in [4.69, 9.17) is 0 Å². The van der Waals surface area contributed by atoms with Gasteiger partial charge in [-0.2, -0.15) is 0 Å². The molecular weight excluding hydrogens is 498 g/mol. The number of aromatic nitrogens is 3. The van der Waals surface area contributed by atoms with E-state index >= 15 is 0 Å². The number of ketones is 1. The van der Waals surface area contributed by atoms with E-state index in [1.54, 1.807) is 12.4 Å². The van der Waals surface area contributed by atoms with Crippen LogP contribution in [0, 0.1) is 5.92 Å². The lowest BCUT2D eigenvalue weighted by atomic mass is 9.91. The third-order valence-corrected chi connectivity index (χ3v) is 7.60. The fourth-order valence-electron chi connectivity index (χ4n) is 5.39. The maximum absolute atomic E-state index is 13.1. The molecule has 1 amide bonds. The number of carbonyl (C=O) groups excluding carboxylic acids is 2. The second-order valence-electron chi connectivity index (χ2n) is 11.1. The van der Waals surface area contributed by atoms with Gasteiger partial charge in [-0.15, -0.1) is 0 Å². The number of likely N-dealkylation sites (N-methyl/N-ethyl adjacent to an activating group) is 1. The predicted molar refractivity (Wildman–Crippen MR) is 158 cm³/mol. The van der Waals surface area contributed by atoms with E-state index in [0.29, 0.717) is 25.2 Å². The lowest BCUT2D eigenvalue weighted by Crippen LogP contribution is -2.39. The molecular formula is C33H37N5O2. The Morgan fingerprint density at radius 2 is 1.88 bits per heavy atom. The number of benzene rings is 1. The Kier molecular flexibility index (Phi) is 8.91. The van der Waals surface area contributed by atoms with Crippen molar-refractivity contribution in [2.24, 2.45) is 5.92 Å². The summed E-state index contributed by atoms with van der Waals surface area (Å²) in [5.74, 6) is 0.682. The van der Waals surface area contributed by atoms with E-state index in [2.05, 4.69) is 45.3 Å². The number of hydrogen-bond acceptors (Lipinski definition) is 6.